The zero-order valence-electron chi connectivity index (χ0n) is 20.6. The smallest absolute Gasteiger partial charge is 0.305 e. The van der Waals surface area contributed by atoms with Gasteiger partial charge in [-0.15, -0.1) is 0 Å². The normalized spacial score (nSPS) is 12.2. The second kappa shape index (κ2) is 24.7. The Bertz CT molecular complexity index is 343. The first-order valence-electron chi connectivity index (χ1n) is 13.5. The summed E-state index contributed by atoms with van der Waals surface area (Å²) in [6.07, 6.45) is 28.9. The van der Waals surface area contributed by atoms with Crippen molar-refractivity contribution in [3.8, 4) is 0 Å². The number of carbonyl (C=O) groups excluding carboxylic acids is 1. The first kappa shape index (κ1) is 29.4. The minimum Gasteiger partial charge on any atom is -0.469 e. The first-order chi connectivity index (χ1) is 14.7. The van der Waals surface area contributed by atoms with Crippen LogP contribution < -0.4 is 0 Å². The zero-order chi connectivity index (χ0) is 22.1. The molecule has 1 atom stereocenters. The third kappa shape index (κ3) is 23.7. The van der Waals surface area contributed by atoms with Crippen LogP contribution in [-0.2, 0) is 9.53 Å². The third-order valence-corrected chi connectivity index (χ3v) is 6.29. The summed E-state index contributed by atoms with van der Waals surface area (Å²) in [6.45, 7) is 2.19. The second-order valence-electron chi connectivity index (χ2n) is 9.27. The van der Waals surface area contributed by atoms with Crippen molar-refractivity contribution in [1.82, 2.24) is 0 Å². The maximum Gasteiger partial charge on any atom is 0.305 e. The molecule has 0 saturated heterocycles. The number of hydrogen-bond acceptors (Lipinski definition) is 3. The molecule has 0 saturated carbocycles. The van der Waals surface area contributed by atoms with E-state index in [0.717, 1.165) is 25.7 Å². The molecule has 0 fully saturated rings. The second-order valence-corrected chi connectivity index (χ2v) is 9.27. The summed E-state index contributed by atoms with van der Waals surface area (Å²) in [5, 5.41) is 9.83. The summed E-state index contributed by atoms with van der Waals surface area (Å²) < 4.78 is 4.66. The van der Waals surface area contributed by atoms with Crippen LogP contribution in [0.15, 0.2) is 0 Å². The third-order valence-electron chi connectivity index (χ3n) is 6.29. The molecular formula is C27H54O3. The van der Waals surface area contributed by atoms with Crippen LogP contribution in [0, 0.1) is 0 Å². The predicted molar refractivity (Wildman–Crippen MR) is 130 cm³/mol. The lowest BCUT2D eigenvalue weighted by Crippen LogP contribution is -2.05. The highest BCUT2D eigenvalue weighted by Gasteiger charge is 2.02. The highest BCUT2D eigenvalue weighted by Crippen LogP contribution is 2.15. The van der Waals surface area contributed by atoms with Crippen LogP contribution in [0.4, 0.5) is 0 Å². The minimum absolute atomic E-state index is 0.0470. The van der Waals surface area contributed by atoms with Crippen molar-refractivity contribution in [3.63, 3.8) is 0 Å². The van der Waals surface area contributed by atoms with Crippen LogP contribution in [0.3, 0.4) is 0 Å². The number of aliphatic hydroxyl groups is 1. The molecule has 0 bridgehead atoms. The van der Waals surface area contributed by atoms with E-state index in [2.05, 4.69) is 11.7 Å². The highest BCUT2D eigenvalue weighted by molar-refractivity contribution is 5.68. The molecule has 30 heavy (non-hydrogen) atoms. The Hall–Kier alpha value is -0.570. The summed E-state index contributed by atoms with van der Waals surface area (Å²) in [5.74, 6) is -0.0694. The molecule has 0 radical (unpaired) electrons. The number of hydrogen-bond donors (Lipinski definition) is 1. The van der Waals surface area contributed by atoms with Gasteiger partial charge < -0.3 is 9.84 Å². The average Bonchev–Trinajstić information content (AvgIpc) is 2.76. The van der Waals surface area contributed by atoms with Gasteiger partial charge in [0.25, 0.3) is 0 Å². The maximum atomic E-state index is 11.0. The quantitative estimate of drug-likeness (QED) is 0.124. The molecule has 3 heteroatoms. The van der Waals surface area contributed by atoms with Crippen LogP contribution in [0.1, 0.15) is 155 Å². The molecule has 0 aliphatic heterocycles. The molecule has 0 aromatic rings. The molecule has 1 N–H and O–H groups in total. The molecule has 0 aliphatic carbocycles. The molecule has 3 nitrogen and oxygen atoms in total. The SMILES string of the molecule is CCCCC(O)CCCCCCCCCCCCCCCCCCCCC(=O)OC. The first-order valence-corrected chi connectivity index (χ1v) is 13.5. The highest BCUT2D eigenvalue weighted by atomic mass is 16.5. The lowest BCUT2D eigenvalue weighted by Gasteiger charge is -2.09. The summed E-state index contributed by atoms with van der Waals surface area (Å²) >= 11 is 0. The number of aliphatic hydroxyl groups excluding tert-OH is 1. The van der Waals surface area contributed by atoms with E-state index in [9.17, 15) is 9.90 Å². The van der Waals surface area contributed by atoms with Gasteiger partial charge in [0.1, 0.15) is 0 Å². The van der Waals surface area contributed by atoms with E-state index in [4.69, 9.17) is 0 Å². The number of esters is 1. The minimum atomic E-state index is -0.0694. The summed E-state index contributed by atoms with van der Waals surface area (Å²) in [4.78, 5) is 11.0. The van der Waals surface area contributed by atoms with Crippen LogP contribution >= 0.6 is 0 Å². The van der Waals surface area contributed by atoms with Gasteiger partial charge in [0, 0.05) is 6.42 Å². The number of rotatable bonds is 24. The molecule has 0 aromatic heterocycles. The van der Waals surface area contributed by atoms with Gasteiger partial charge in [0.2, 0.25) is 0 Å². The summed E-state index contributed by atoms with van der Waals surface area (Å²) in [6, 6.07) is 0. The van der Waals surface area contributed by atoms with Gasteiger partial charge in [-0.1, -0.05) is 129 Å². The van der Waals surface area contributed by atoms with E-state index >= 15 is 0 Å². The fourth-order valence-electron chi connectivity index (χ4n) is 4.16. The Balaban J connectivity index is 3.07. The number of ether oxygens (including phenoxy) is 1. The number of methoxy groups -OCH3 is 1. The van der Waals surface area contributed by atoms with Gasteiger partial charge in [0.15, 0.2) is 0 Å². The van der Waals surface area contributed by atoms with Gasteiger partial charge in [0.05, 0.1) is 13.2 Å². The fraction of sp³-hybridized carbons (Fsp3) is 0.963. The van der Waals surface area contributed by atoms with E-state index < -0.39 is 0 Å². The molecule has 180 valence electrons. The molecule has 0 aromatic carbocycles. The van der Waals surface area contributed by atoms with E-state index in [1.54, 1.807) is 0 Å². The Labute approximate surface area is 188 Å². The standard InChI is InChI=1S/C27H54O3/c1-3-4-23-26(28)24-21-19-17-15-13-11-9-7-5-6-8-10-12-14-16-18-20-22-25-27(29)30-2/h26,28H,3-25H2,1-2H3. The van der Waals surface area contributed by atoms with Crippen molar-refractivity contribution in [2.24, 2.45) is 0 Å². The zero-order valence-corrected chi connectivity index (χ0v) is 20.6. The average molecular weight is 427 g/mol. The van der Waals surface area contributed by atoms with Crippen molar-refractivity contribution in [2.45, 2.75) is 161 Å². The van der Waals surface area contributed by atoms with Crippen LogP contribution in [0.5, 0.6) is 0 Å². The number of carbonyl (C=O) groups is 1. The monoisotopic (exact) mass is 426 g/mol. The van der Waals surface area contributed by atoms with Crippen molar-refractivity contribution in [1.29, 1.82) is 0 Å². The molecule has 0 spiro atoms. The van der Waals surface area contributed by atoms with Gasteiger partial charge in [-0.3, -0.25) is 4.79 Å². The maximum absolute atomic E-state index is 11.0. The topological polar surface area (TPSA) is 46.5 Å². The lowest BCUT2D eigenvalue weighted by molar-refractivity contribution is -0.140. The van der Waals surface area contributed by atoms with Crippen molar-refractivity contribution < 1.29 is 14.6 Å². The Morgan fingerprint density at radius 1 is 0.600 bits per heavy atom. The van der Waals surface area contributed by atoms with Crippen LogP contribution in [-0.4, -0.2) is 24.3 Å². The molecule has 0 heterocycles. The van der Waals surface area contributed by atoms with E-state index in [-0.39, 0.29) is 12.1 Å². The Morgan fingerprint density at radius 3 is 1.30 bits per heavy atom. The van der Waals surface area contributed by atoms with E-state index in [1.165, 1.54) is 123 Å². The van der Waals surface area contributed by atoms with Gasteiger partial charge in [-0.25, -0.2) is 0 Å². The van der Waals surface area contributed by atoms with Gasteiger partial charge in [-0.2, -0.15) is 0 Å². The van der Waals surface area contributed by atoms with Gasteiger partial charge in [-0.05, 0) is 19.3 Å². The van der Waals surface area contributed by atoms with Crippen LogP contribution in [0.2, 0.25) is 0 Å². The Kier molecular flexibility index (Phi) is 24.2. The number of unbranched alkanes of at least 4 members (excludes halogenated alkanes) is 18. The van der Waals surface area contributed by atoms with Gasteiger partial charge >= 0.3 is 5.97 Å². The van der Waals surface area contributed by atoms with E-state index in [0.29, 0.717) is 6.42 Å². The van der Waals surface area contributed by atoms with Crippen molar-refractivity contribution >= 4 is 5.97 Å². The predicted octanol–water partition coefficient (Wildman–Crippen LogP) is 8.51. The largest absolute Gasteiger partial charge is 0.469 e. The molecular weight excluding hydrogens is 372 g/mol. The summed E-state index contributed by atoms with van der Waals surface area (Å²) in [5.41, 5.74) is 0. The molecule has 0 aliphatic rings. The Morgan fingerprint density at radius 2 is 0.933 bits per heavy atom. The molecule has 0 rings (SSSR count). The van der Waals surface area contributed by atoms with Crippen LogP contribution in [0.25, 0.3) is 0 Å². The summed E-state index contributed by atoms with van der Waals surface area (Å²) in [7, 11) is 1.47. The van der Waals surface area contributed by atoms with Crippen molar-refractivity contribution in [3.05, 3.63) is 0 Å². The molecule has 1 unspecified atom stereocenters. The van der Waals surface area contributed by atoms with Crippen molar-refractivity contribution in [2.75, 3.05) is 7.11 Å². The lowest BCUT2D eigenvalue weighted by atomic mass is 10.0. The molecule has 0 amide bonds. The fourth-order valence-corrected chi connectivity index (χ4v) is 4.16. The van der Waals surface area contributed by atoms with E-state index in [1.807, 2.05) is 0 Å².